The molecule has 132 valence electrons. The van der Waals surface area contributed by atoms with E-state index in [2.05, 4.69) is 20.8 Å². The van der Waals surface area contributed by atoms with Crippen molar-refractivity contribution in [3.8, 4) is 5.88 Å². The zero-order valence-electron chi connectivity index (χ0n) is 14.2. The second-order valence-corrected chi connectivity index (χ2v) is 6.77. The molecule has 2 aromatic rings. The maximum Gasteiger partial charge on any atom is 0.323 e. The highest BCUT2D eigenvalue weighted by atomic mass is 16.5. The molecule has 2 aromatic heterocycles. The molecular formula is C18H22N4O3. The molecule has 4 rings (SSSR count). The molecule has 2 saturated carbocycles. The number of urea groups is 1. The molecule has 0 bridgehead atoms. The molecule has 0 spiro atoms. The maximum atomic E-state index is 12.2. The lowest BCUT2D eigenvalue weighted by Gasteiger charge is -2.12. The lowest BCUT2D eigenvalue weighted by Crippen LogP contribution is -2.20. The van der Waals surface area contributed by atoms with Crippen molar-refractivity contribution < 1.29 is 14.1 Å². The van der Waals surface area contributed by atoms with Crippen molar-refractivity contribution in [2.24, 2.45) is 0 Å². The van der Waals surface area contributed by atoms with E-state index in [0.29, 0.717) is 28.9 Å². The predicted molar refractivity (Wildman–Crippen MR) is 93.0 cm³/mol. The lowest BCUT2D eigenvalue weighted by atomic mass is 10.2. The zero-order valence-corrected chi connectivity index (χ0v) is 14.2. The summed E-state index contributed by atoms with van der Waals surface area (Å²) in [5, 5.41) is 9.57. The Morgan fingerprint density at radius 1 is 1.20 bits per heavy atom. The summed E-state index contributed by atoms with van der Waals surface area (Å²) in [7, 11) is 0. The van der Waals surface area contributed by atoms with Crippen molar-refractivity contribution >= 4 is 17.4 Å². The second kappa shape index (κ2) is 6.74. The highest BCUT2D eigenvalue weighted by Gasteiger charge is 2.32. The number of pyridine rings is 1. The highest BCUT2D eigenvalue weighted by Crippen LogP contribution is 2.44. The Bertz CT molecular complexity index is 746. The molecule has 0 aliphatic heterocycles. The van der Waals surface area contributed by atoms with Crippen LogP contribution >= 0.6 is 0 Å². The number of rotatable bonds is 5. The van der Waals surface area contributed by atoms with Crippen molar-refractivity contribution in [1.29, 1.82) is 0 Å². The molecule has 0 aromatic carbocycles. The molecule has 2 fully saturated rings. The van der Waals surface area contributed by atoms with Crippen LogP contribution in [0, 0.1) is 6.92 Å². The number of aromatic nitrogens is 2. The van der Waals surface area contributed by atoms with Crippen LogP contribution in [0.1, 0.15) is 55.9 Å². The number of carbonyl (C=O) groups excluding carboxylic acids is 1. The fraction of sp³-hybridized carbons (Fsp3) is 0.500. The average Bonchev–Trinajstić information content (AvgIpc) is 3.20. The number of aryl methyl sites for hydroxylation is 1. The molecule has 2 N–H and O–H groups in total. The summed E-state index contributed by atoms with van der Waals surface area (Å²) in [5.74, 6) is 1.75. The normalized spacial score (nSPS) is 17.5. The minimum Gasteiger partial charge on any atom is -0.474 e. The van der Waals surface area contributed by atoms with Gasteiger partial charge in [-0.2, -0.15) is 0 Å². The second-order valence-electron chi connectivity index (χ2n) is 6.77. The minimum atomic E-state index is -0.334. The summed E-state index contributed by atoms with van der Waals surface area (Å²) in [5.41, 5.74) is 1.97. The number of hydrogen-bond acceptors (Lipinski definition) is 5. The fourth-order valence-corrected chi connectivity index (χ4v) is 3.14. The number of amides is 2. The summed E-state index contributed by atoms with van der Waals surface area (Å²) >= 11 is 0. The van der Waals surface area contributed by atoms with E-state index in [1.807, 2.05) is 6.92 Å². The fourth-order valence-electron chi connectivity index (χ4n) is 3.14. The Labute approximate surface area is 146 Å². The molecule has 2 aliphatic carbocycles. The highest BCUT2D eigenvalue weighted by molar-refractivity contribution is 6.00. The van der Waals surface area contributed by atoms with Gasteiger partial charge in [-0.1, -0.05) is 5.16 Å². The molecule has 0 unspecified atom stereocenters. The van der Waals surface area contributed by atoms with E-state index in [1.54, 1.807) is 18.3 Å². The van der Waals surface area contributed by atoms with Crippen molar-refractivity contribution in [1.82, 2.24) is 10.1 Å². The van der Waals surface area contributed by atoms with Crippen LogP contribution in [0.3, 0.4) is 0 Å². The lowest BCUT2D eigenvalue weighted by molar-refractivity contribution is 0.201. The first-order valence-corrected chi connectivity index (χ1v) is 8.86. The topological polar surface area (TPSA) is 89.3 Å². The van der Waals surface area contributed by atoms with Crippen molar-refractivity contribution in [3.63, 3.8) is 0 Å². The predicted octanol–water partition coefficient (Wildman–Crippen LogP) is 4.22. The number of nitrogens with zero attached hydrogens (tertiary/aromatic N) is 2. The van der Waals surface area contributed by atoms with Crippen LogP contribution in [0.5, 0.6) is 5.88 Å². The van der Waals surface area contributed by atoms with Crippen LogP contribution < -0.4 is 15.4 Å². The van der Waals surface area contributed by atoms with Crippen LogP contribution in [0.4, 0.5) is 16.2 Å². The van der Waals surface area contributed by atoms with E-state index in [9.17, 15) is 4.79 Å². The van der Waals surface area contributed by atoms with Gasteiger partial charge in [-0.25, -0.2) is 9.78 Å². The average molecular weight is 342 g/mol. The van der Waals surface area contributed by atoms with E-state index < -0.39 is 0 Å². The smallest absolute Gasteiger partial charge is 0.323 e. The summed E-state index contributed by atoms with van der Waals surface area (Å²) in [4.78, 5) is 16.5. The summed E-state index contributed by atoms with van der Waals surface area (Å²) in [6.45, 7) is 1.82. The van der Waals surface area contributed by atoms with Gasteiger partial charge in [0.1, 0.15) is 17.5 Å². The number of ether oxygens (including phenoxy) is 1. The molecule has 2 heterocycles. The number of carbonyl (C=O) groups is 1. The minimum absolute atomic E-state index is 0.270. The first kappa shape index (κ1) is 15.9. The SMILES string of the molecule is Cc1noc(C2CC2)c1NC(=O)Nc1ccc(OC2CCCC2)nc1. The third-order valence-corrected chi connectivity index (χ3v) is 4.66. The van der Waals surface area contributed by atoms with Gasteiger partial charge in [0.2, 0.25) is 5.88 Å². The van der Waals surface area contributed by atoms with Gasteiger partial charge in [-0.05, 0) is 51.5 Å². The molecule has 0 atom stereocenters. The molecule has 25 heavy (non-hydrogen) atoms. The van der Waals surface area contributed by atoms with E-state index in [4.69, 9.17) is 9.26 Å². The van der Waals surface area contributed by atoms with E-state index in [-0.39, 0.29) is 12.1 Å². The molecule has 7 heteroatoms. The zero-order chi connectivity index (χ0) is 17.2. The molecule has 0 radical (unpaired) electrons. The van der Waals surface area contributed by atoms with Gasteiger partial charge in [-0.15, -0.1) is 0 Å². The molecule has 2 amide bonds. The monoisotopic (exact) mass is 342 g/mol. The Morgan fingerprint density at radius 2 is 2.00 bits per heavy atom. The van der Waals surface area contributed by atoms with Crippen molar-refractivity contribution in [2.45, 2.75) is 57.5 Å². The number of hydrogen-bond donors (Lipinski definition) is 2. The molecule has 7 nitrogen and oxygen atoms in total. The Morgan fingerprint density at radius 3 is 2.68 bits per heavy atom. The van der Waals surface area contributed by atoms with Crippen LogP contribution in [0.2, 0.25) is 0 Å². The van der Waals surface area contributed by atoms with Crippen molar-refractivity contribution in [2.75, 3.05) is 10.6 Å². The van der Waals surface area contributed by atoms with Crippen LogP contribution in [-0.4, -0.2) is 22.3 Å². The van der Waals surface area contributed by atoms with Crippen molar-refractivity contribution in [3.05, 3.63) is 29.8 Å². The number of anilines is 2. The van der Waals surface area contributed by atoms with Gasteiger partial charge in [0.15, 0.2) is 5.76 Å². The maximum absolute atomic E-state index is 12.2. The Balaban J connectivity index is 1.35. The van der Waals surface area contributed by atoms with E-state index >= 15 is 0 Å². The molecule has 2 aliphatic rings. The van der Waals surface area contributed by atoms with Gasteiger partial charge in [0.25, 0.3) is 0 Å². The summed E-state index contributed by atoms with van der Waals surface area (Å²) in [6, 6.07) is 3.24. The third kappa shape index (κ3) is 3.75. The van der Waals surface area contributed by atoms with Gasteiger partial charge in [0, 0.05) is 12.0 Å². The van der Waals surface area contributed by atoms with E-state index in [0.717, 1.165) is 31.4 Å². The standard InChI is InChI=1S/C18H22N4O3/c1-11-16(17(25-22-11)12-6-7-12)21-18(23)20-13-8-9-15(19-10-13)24-14-4-2-3-5-14/h8-10,12,14H,2-7H2,1H3,(H2,20,21,23). The first-order chi connectivity index (χ1) is 12.2. The quantitative estimate of drug-likeness (QED) is 0.849. The Hall–Kier alpha value is -2.57. The third-order valence-electron chi connectivity index (χ3n) is 4.66. The van der Waals surface area contributed by atoms with Crippen LogP contribution in [-0.2, 0) is 0 Å². The summed E-state index contributed by atoms with van der Waals surface area (Å²) in [6.07, 6.45) is 8.65. The van der Waals surface area contributed by atoms with Gasteiger partial charge >= 0.3 is 6.03 Å². The van der Waals surface area contributed by atoms with Crippen LogP contribution in [0.25, 0.3) is 0 Å². The summed E-state index contributed by atoms with van der Waals surface area (Å²) < 4.78 is 11.2. The first-order valence-electron chi connectivity index (χ1n) is 8.86. The van der Waals surface area contributed by atoms with Crippen LogP contribution in [0.15, 0.2) is 22.9 Å². The van der Waals surface area contributed by atoms with Gasteiger partial charge in [-0.3, -0.25) is 0 Å². The number of nitrogens with one attached hydrogen (secondary N) is 2. The van der Waals surface area contributed by atoms with Gasteiger partial charge in [0.05, 0.1) is 11.9 Å². The molecular weight excluding hydrogens is 320 g/mol. The Kier molecular flexibility index (Phi) is 4.29. The largest absolute Gasteiger partial charge is 0.474 e. The van der Waals surface area contributed by atoms with Gasteiger partial charge < -0.3 is 19.9 Å². The van der Waals surface area contributed by atoms with E-state index in [1.165, 1.54) is 12.8 Å². The molecule has 0 saturated heterocycles.